The SMILES string of the molecule is CC(C[CH]C(=O)N1CCN(C2c3ccccc3-c3ccccc32)CC1)C(N)=O. The molecule has 1 aliphatic heterocycles. The Bertz CT molecular complexity index is 841. The van der Waals surface area contributed by atoms with Crippen LogP contribution in [0, 0.1) is 12.3 Å². The lowest BCUT2D eigenvalue weighted by atomic mass is 10.0. The predicted octanol–water partition coefficient (Wildman–Crippen LogP) is 2.62. The number of benzene rings is 2. The van der Waals surface area contributed by atoms with E-state index in [9.17, 15) is 9.59 Å². The van der Waals surface area contributed by atoms with Crippen LogP contribution in [-0.2, 0) is 9.59 Å². The number of hydrogen-bond acceptors (Lipinski definition) is 3. The van der Waals surface area contributed by atoms with E-state index in [0.29, 0.717) is 19.5 Å². The van der Waals surface area contributed by atoms with Crippen LogP contribution in [0.4, 0.5) is 0 Å². The van der Waals surface area contributed by atoms with Crippen molar-refractivity contribution in [3.8, 4) is 11.1 Å². The number of amides is 2. The fraction of sp³-hybridized carbons (Fsp3) is 0.348. The van der Waals surface area contributed by atoms with Crippen LogP contribution in [0.3, 0.4) is 0 Å². The Hall–Kier alpha value is -2.66. The van der Waals surface area contributed by atoms with Crippen LogP contribution in [0.15, 0.2) is 48.5 Å². The molecular weight excluding hydrogens is 350 g/mol. The minimum absolute atomic E-state index is 0.0000257. The van der Waals surface area contributed by atoms with E-state index in [0.717, 1.165) is 13.1 Å². The van der Waals surface area contributed by atoms with Gasteiger partial charge in [0.15, 0.2) is 0 Å². The molecule has 4 rings (SSSR count). The number of rotatable bonds is 5. The number of carbonyl (C=O) groups is 2. The van der Waals surface area contributed by atoms with Gasteiger partial charge < -0.3 is 10.6 Å². The second-order valence-corrected chi connectivity index (χ2v) is 7.68. The molecule has 1 radical (unpaired) electrons. The number of primary amides is 1. The summed E-state index contributed by atoms with van der Waals surface area (Å²) < 4.78 is 0. The molecule has 0 bridgehead atoms. The summed E-state index contributed by atoms with van der Waals surface area (Å²) >= 11 is 0. The van der Waals surface area contributed by atoms with Crippen molar-refractivity contribution in [1.82, 2.24) is 9.80 Å². The lowest BCUT2D eigenvalue weighted by molar-refractivity contribution is -0.129. The van der Waals surface area contributed by atoms with Crippen LogP contribution >= 0.6 is 0 Å². The summed E-state index contributed by atoms with van der Waals surface area (Å²) in [7, 11) is 0. The summed E-state index contributed by atoms with van der Waals surface area (Å²) in [5.74, 6) is -0.677. The van der Waals surface area contributed by atoms with Crippen molar-refractivity contribution in [2.75, 3.05) is 26.2 Å². The highest BCUT2D eigenvalue weighted by Crippen LogP contribution is 2.46. The second kappa shape index (κ2) is 7.76. The lowest BCUT2D eigenvalue weighted by Crippen LogP contribution is -2.49. The standard InChI is InChI=1S/C23H26N3O2/c1-16(23(24)28)10-11-21(27)25-12-14-26(15-13-25)22-19-8-4-2-6-17(19)18-7-3-5-9-20(18)22/h2-9,11,16,22H,10,12-15H2,1H3,(H2,24,28). The molecule has 2 amide bonds. The van der Waals surface area contributed by atoms with Gasteiger partial charge in [-0.3, -0.25) is 14.5 Å². The van der Waals surface area contributed by atoms with Gasteiger partial charge in [0.1, 0.15) is 0 Å². The van der Waals surface area contributed by atoms with E-state index < -0.39 is 0 Å². The second-order valence-electron chi connectivity index (χ2n) is 7.68. The normalized spacial score (nSPS) is 17.8. The highest BCUT2D eigenvalue weighted by atomic mass is 16.2. The average Bonchev–Trinajstić information content (AvgIpc) is 3.06. The van der Waals surface area contributed by atoms with Crippen molar-refractivity contribution >= 4 is 11.8 Å². The maximum Gasteiger partial charge on any atom is 0.226 e. The zero-order valence-electron chi connectivity index (χ0n) is 16.2. The largest absolute Gasteiger partial charge is 0.369 e. The van der Waals surface area contributed by atoms with Gasteiger partial charge in [-0.15, -0.1) is 0 Å². The van der Waals surface area contributed by atoms with Crippen molar-refractivity contribution in [1.29, 1.82) is 0 Å². The molecule has 145 valence electrons. The Balaban J connectivity index is 1.43. The van der Waals surface area contributed by atoms with E-state index in [4.69, 9.17) is 5.73 Å². The number of fused-ring (bicyclic) bond motifs is 3. The molecule has 1 atom stereocenters. The van der Waals surface area contributed by atoms with E-state index in [2.05, 4.69) is 53.4 Å². The highest BCUT2D eigenvalue weighted by molar-refractivity contribution is 5.86. The Kier molecular flexibility index (Phi) is 5.18. The molecule has 2 N–H and O–H groups in total. The minimum atomic E-state index is -0.368. The van der Waals surface area contributed by atoms with Gasteiger partial charge in [0.2, 0.25) is 11.8 Å². The van der Waals surface area contributed by atoms with Gasteiger partial charge in [0.25, 0.3) is 0 Å². The molecule has 1 saturated heterocycles. The number of hydrogen-bond donors (Lipinski definition) is 1. The van der Waals surface area contributed by atoms with Crippen LogP contribution in [-0.4, -0.2) is 47.8 Å². The molecule has 1 aliphatic carbocycles. The smallest absolute Gasteiger partial charge is 0.226 e. The van der Waals surface area contributed by atoms with Crippen LogP contribution in [0.2, 0.25) is 0 Å². The van der Waals surface area contributed by atoms with E-state index in [1.807, 2.05) is 4.90 Å². The van der Waals surface area contributed by atoms with Gasteiger partial charge in [-0.2, -0.15) is 0 Å². The molecule has 5 heteroatoms. The highest BCUT2D eigenvalue weighted by Gasteiger charge is 2.34. The average molecular weight is 376 g/mol. The molecule has 5 nitrogen and oxygen atoms in total. The monoisotopic (exact) mass is 376 g/mol. The van der Waals surface area contributed by atoms with E-state index in [1.54, 1.807) is 13.3 Å². The van der Waals surface area contributed by atoms with Crippen molar-refractivity contribution in [2.45, 2.75) is 19.4 Å². The third kappa shape index (κ3) is 3.42. The summed E-state index contributed by atoms with van der Waals surface area (Å²) in [6.07, 6.45) is 2.00. The zero-order valence-corrected chi connectivity index (χ0v) is 16.2. The van der Waals surface area contributed by atoms with E-state index in [-0.39, 0.29) is 23.8 Å². The van der Waals surface area contributed by atoms with Crippen molar-refractivity contribution < 1.29 is 9.59 Å². The van der Waals surface area contributed by atoms with Gasteiger partial charge in [-0.1, -0.05) is 55.5 Å². The number of piperazine rings is 1. The van der Waals surface area contributed by atoms with Gasteiger partial charge in [-0.05, 0) is 28.7 Å². The van der Waals surface area contributed by atoms with Gasteiger partial charge in [0, 0.05) is 32.1 Å². The summed E-state index contributed by atoms with van der Waals surface area (Å²) in [5, 5.41) is 0. The molecule has 1 heterocycles. The van der Waals surface area contributed by atoms with Crippen LogP contribution in [0.25, 0.3) is 11.1 Å². The first-order chi connectivity index (χ1) is 13.6. The molecule has 2 aromatic carbocycles. The zero-order chi connectivity index (χ0) is 19.7. The predicted molar refractivity (Wildman–Crippen MR) is 109 cm³/mol. The van der Waals surface area contributed by atoms with Crippen molar-refractivity contribution in [2.24, 2.45) is 11.7 Å². The first-order valence-corrected chi connectivity index (χ1v) is 9.90. The molecule has 2 aliphatic rings. The fourth-order valence-electron chi connectivity index (χ4n) is 4.25. The van der Waals surface area contributed by atoms with Crippen LogP contribution in [0.5, 0.6) is 0 Å². The Morgan fingerprint density at radius 1 is 1.00 bits per heavy atom. The molecule has 0 saturated carbocycles. The third-order valence-electron chi connectivity index (χ3n) is 5.92. The molecule has 1 fully saturated rings. The molecule has 2 aromatic rings. The topological polar surface area (TPSA) is 66.6 Å². The van der Waals surface area contributed by atoms with Crippen molar-refractivity contribution in [3.63, 3.8) is 0 Å². The first kappa shape index (κ1) is 18.7. The molecule has 0 spiro atoms. The van der Waals surface area contributed by atoms with E-state index in [1.165, 1.54) is 22.3 Å². The van der Waals surface area contributed by atoms with Gasteiger partial charge in [0.05, 0.1) is 12.5 Å². The first-order valence-electron chi connectivity index (χ1n) is 9.90. The maximum atomic E-state index is 12.4. The Morgan fingerprint density at radius 3 is 2.07 bits per heavy atom. The third-order valence-corrected chi connectivity index (χ3v) is 5.92. The van der Waals surface area contributed by atoms with Gasteiger partial charge >= 0.3 is 0 Å². The Morgan fingerprint density at radius 2 is 1.54 bits per heavy atom. The molecule has 28 heavy (non-hydrogen) atoms. The van der Waals surface area contributed by atoms with Crippen LogP contribution in [0.1, 0.15) is 30.5 Å². The molecule has 1 unspecified atom stereocenters. The molecular formula is C23H26N3O2. The number of nitrogens with two attached hydrogens (primary N) is 1. The number of nitrogens with zero attached hydrogens (tertiary/aromatic N) is 2. The summed E-state index contributed by atoms with van der Waals surface area (Å²) in [4.78, 5) is 27.9. The summed E-state index contributed by atoms with van der Waals surface area (Å²) in [5.41, 5.74) is 10.6. The van der Waals surface area contributed by atoms with Crippen molar-refractivity contribution in [3.05, 3.63) is 66.1 Å². The molecule has 0 aromatic heterocycles. The Labute approximate surface area is 166 Å². The van der Waals surface area contributed by atoms with Gasteiger partial charge in [-0.25, -0.2) is 0 Å². The van der Waals surface area contributed by atoms with E-state index >= 15 is 0 Å². The fourth-order valence-corrected chi connectivity index (χ4v) is 4.25. The lowest BCUT2D eigenvalue weighted by Gasteiger charge is -2.38. The maximum absolute atomic E-state index is 12.4. The number of carbonyl (C=O) groups excluding carboxylic acids is 2. The van der Waals surface area contributed by atoms with Crippen LogP contribution < -0.4 is 5.73 Å². The quantitative estimate of drug-likeness (QED) is 0.872. The summed E-state index contributed by atoms with van der Waals surface area (Å²) in [6.45, 7) is 4.80. The summed E-state index contributed by atoms with van der Waals surface area (Å²) in [6, 6.07) is 17.5. The minimum Gasteiger partial charge on any atom is -0.369 e.